The number of fused-ring (bicyclic) bond motifs is 1. The maximum atomic E-state index is 12.7. The summed E-state index contributed by atoms with van der Waals surface area (Å²) in [7, 11) is -3.83. The number of alkyl halides is 2. The van der Waals surface area contributed by atoms with Gasteiger partial charge in [-0.15, -0.1) is 0 Å². The fourth-order valence-electron chi connectivity index (χ4n) is 4.02. The number of hydrogen-bond acceptors (Lipinski definition) is 5. The van der Waals surface area contributed by atoms with Gasteiger partial charge in [-0.05, 0) is 25.7 Å². The van der Waals surface area contributed by atoms with Gasteiger partial charge in [0.2, 0.25) is 0 Å². The van der Waals surface area contributed by atoms with Crippen molar-refractivity contribution < 1.29 is 30.9 Å². The Labute approximate surface area is 115 Å². The van der Waals surface area contributed by atoms with Crippen molar-refractivity contribution in [2.45, 2.75) is 43.5 Å². The van der Waals surface area contributed by atoms with Gasteiger partial charge in [0.15, 0.2) is 6.61 Å². The maximum Gasteiger partial charge on any atom is 0.310 e. The van der Waals surface area contributed by atoms with E-state index in [0.29, 0.717) is 19.8 Å². The normalized spacial score (nSPS) is 44.8. The number of rotatable bonds is 3. The van der Waals surface area contributed by atoms with Crippen LogP contribution in [0.3, 0.4) is 0 Å². The van der Waals surface area contributed by atoms with Crippen molar-refractivity contribution >= 4 is 16.1 Å². The van der Waals surface area contributed by atoms with E-state index < -0.39 is 45.4 Å². The third kappa shape index (κ3) is 1.95. The topological polar surface area (TPSA) is 69.7 Å². The van der Waals surface area contributed by atoms with Gasteiger partial charge in [-0.1, -0.05) is 0 Å². The van der Waals surface area contributed by atoms with Gasteiger partial charge in [-0.2, -0.15) is 8.42 Å². The molecule has 0 N–H and O–H groups in total. The van der Waals surface area contributed by atoms with E-state index in [9.17, 15) is 22.0 Å². The molecule has 114 valence electrons. The summed E-state index contributed by atoms with van der Waals surface area (Å²) < 4.78 is 59.3. The van der Waals surface area contributed by atoms with E-state index >= 15 is 0 Å². The summed E-state index contributed by atoms with van der Waals surface area (Å²) in [4.78, 5) is 12.0. The van der Waals surface area contributed by atoms with Gasteiger partial charge in [0.05, 0.1) is 11.5 Å². The zero-order valence-corrected chi connectivity index (χ0v) is 12.0. The second kappa shape index (κ2) is 3.91. The molecule has 0 radical (unpaired) electrons. The van der Waals surface area contributed by atoms with Crippen molar-refractivity contribution in [2.75, 3.05) is 6.61 Å². The highest BCUT2D eigenvalue weighted by molar-refractivity contribution is 7.87. The summed E-state index contributed by atoms with van der Waals surface area (Å²) in [6, 6.07) is 0. The molecule has 1 aliphatic heterocycles. The van der Waals surface area contributed by atoms with Gasteiger partial charge in [0.25, 0.3) is 16.0 Å². The Morgan fingerprint density at radius 2 is 2.15 bits per heavy atom. The van der Waals surface area contributed by atoms with Crippen molar-refractivity contribution in [3.8, 4) is 0 Å². The molecule has 2 aliphatic carbocycles. The molecule has 1 saturated heterocycles. The maximum absolute atomic E-state index is 12.7. The second-order valence-corrected chi connectivity index (χ2v) is 8.06. The summed E-state index contributed by atoms with van der Waals surface area (Å²) in [5.41, 5.74) is -0.736. The number of halogens is 2. The van der Waals surface area contributed by atoms with E-state index in [-0.39, 0.29) is 11.8 Å². The van der Waals surface area contributed by atoms with E-state index in [0.717, 1.165) is 0 Å². The van der Waals surface area contributed by atoms with E-state index in [4.69, 9.17) is 4.18 Å². The Kier molecular flexibility index (Phi) is 2.77. The molecule has 0 aromatic carbocycles. The minimum Gasteiger partial charge on any atom is -0.459 e. The summed E-state index contributed by atoms with van der Waals surface area (Å²) in [6.45, 7) is 1.36. The largest absolute Gasteiger partial charge is 0.459 e. The van der Waals surface area contributed by atoms with Crippen LogP contribution in [-0.2, 0) is 23.8 Å². The zero-order chi connectivity index (χ0) is 14.9. The van der Waals surface area contributed by atoms with E-state index in [2.05, 4.69) is 4.74 Å². The molecule has 2 saturated carbocycles. The molecule has 3 rings (SSSR count). The van der Waals surface area contributed by atoms with Crippen LogP contribution in [0, 0.1) is 17.8 Å². The smallest absolute Gasteiger partial charge is 0.310 e. The number of carbonyl (C=O) groups is 1. The lowest BCUT2D eigenvalue weighted by Gasteiger charge is -2.28. The molecule has 3 aliphatic rings. The van der Waals surface area contributed by atoms with Crippen molar-refractivity contribution in [3.63, 3.8) is 0 Å². The van der Waals surface area contributed by atoms with E-state index in [1.54, 1.807) is 6.92 Å². The fraction of sp³-hybridized carbons (Fsp3) is 0.917. The molecule has 2 bridgehead atoms. The fourth-order valence-corrected chi connectivity index (χ4v) is 6.35. The van der Waals surface area contributed by atoms with Crippen LogP contribution in [0.15, 0.2) is 0 Å². The molecule has 0 amide bonds. The lowest BCUT2D eigenvalue weighted by Crippen LogP contribution is -2.41. The number of esters is 1. The van der Waals surface area contributed by atoms with Crippen LogP contribution in [-0.4, -0.2) is 37.8 Å². The van der Waals surface area contributed by atoms with Crippen molar-refractivity contribution in [3.05, 3.63) is 0 Å². The number of hydrogen-bond donors (Lipinski definition) is 0. The molecular weight excluding hydrogens is 294 g/mol. The first-order valence-electron chi connectivity index (χ1n) is 6.52. The highest BCUT2D eigenvalue weighted by Gasteiger charge is 2.71. The van der Waals surface area contributed by atoms with Gasteiger partial charge in [-0.25, -0.2) is 8.78 Å². The van der Waals surface area contributed by atoms with Crippen molar-refractivity contribution in [2.24, 2.45) is 17.8 Å². The van der Waals surface area contributed by atoms with Gasteiger partial charge < -0.3 is 4.74 Å². The van der Waals surface area contributed by atoms with Crippen LogP contribution < -0.4 is 0 Å². The second-order valence-electron chi connectivity index (χ2n) is 6.36. The summed E-state index contributed by atoms with van der Waals surface area (Å²) in [5.74, 6) is -5.24. The standard InChI is InChI=1S/C12H16F2O5S/c1-11-4-6-3-7(11)9(20(16,17)19-11)8(6)10(15)18-5-12(2,13)14/h6-9H,3-5H2,1-2H3. The van der Waals surface area contributed by atoms with Gasteiger partial charge in [-0.3, -0.25) is 8.98 Å². The molecule has 0 spiro atoms. The first-order chi connectivity index (χ1) is 9.04. The molecule has 1 heterocycles. The summed E-state index contributed by atoms with van der Waals surface area (Å²) in [6.07, 6.45) is 1.03. The van der Waals surface area contributed by atoms with E-state index in [1.165, 1.54) is 0 Å². The first kappa shape index (κ1) is 14.2. The molecule has 5 nitrogen and oxygen atoms in total. The zero-order valence-electron chi connectivity index (χ0n) is 11.1. The lowest BCUT2D eigenvalue weighted by atomic mass is 9.80. The van der Waals surface area contributed by atoms with Gasteiger partial charge in [0, 0.05) is 12.8 Å². The van der Waals surface area contributed by atoms with Crippen LogP contribution >= 0.6 is 0 Å². The van der Waals surface area contributed by atoms with Crippen LogP contribution in [0.2, 0.25) is 0 Å². The number of carbonyl (C=O) groups excluding carboxylic acids is 1. The third-order valence-electron chi connectivity index (χ3n) is 4.65. The Morgan fingerprint density at radius 3 is 2.75 bits per heavy atom. The molecule has 0 aromatic heterocycles. The molecular formula is C12H16F2O5S. The SMILES string of the molecule is CC(F)(F)COC(=O)C1C2CC3C1S(=O)(=O)OC3(C)C2. The molecule has 5 atom stereocenters. The minimum atomic E-state index is -3.83. The molecule has 20 heavy (non-hydrogen) atoms. The molecule has 0 aromatic rings. The monoisotopic (exact) mass is 310 g/mol. The van der Waals surface area contributed by atoms with Crippen LogP contribution in [0.4, 0.5) is 8.78 Å². The van der Waals surface area contributed by atoms with Crippen LogP contribution in [0.1, 0.15) is 26.7 Å². The van der Waals surface area contributed by atoms with Crippen molar-refractivity contribution in [1.29, 1.82) is 0 Å². The predicted octanol–water partition coefficient (Wildman–Crippen LogP) is 1.33. The van der Waals surface area contributed by atoms with Crippen LogP contribution in [0.25, 0.3) is 0 Å². The minimum absolute atomic E-state index is 0.162. The Morgan fingerprint density at radius 1 is 1.50 bits per heavy atom. The Bertz CT molecular complexity index is 555. The molecule has 8 heteroatoms. The summed E-state index contributed by atoms with van der Waals surface area (Å²) in [5, 5.41) is -0.941. The van der Waals surface area contributed by atoms with Gasteiger partial charge >= 0.3 is 5.97 Å². The molecule has 3 fully saturated rings. The average Bonchev–Trinajstić information content (AvgIpc) is 2.80. The van der Waals surface area contributed by atoms with Gasteiger partial charge in [0.1, 0.15) is 5.25 Å². The highest BCUT2D eigenvalue weighted by Crippen LogP contribution is 2.62. The highest BCUT2D eigenvalue weighted by atomic mass is 32.2. The lowest BCUT2D eigenvalue weighted by molar-refractivity contribution is -0.160. The van der Waals surface area contributed by atoms with E-state index in [1.807, 2.05) is 0 Å². The average molecular weight is 310 g/mol. The third-order valence-corrected chi connectivity index (χ3v) is 6.55. The first-order valence-corrected chi connectivity index (χ1v) is 8.00. The Hall–Kier alpha value is -0.760. The summed E-state index contributed by atoms with van der Waals surface area (Å²) >= 11 is 0. The Balaban J connectivity index is 1.81. The quantitative estimate of drug-likeness (QED) is 0.581. The predicted molar refractivity (Wildman–Crippen MR) is 63.5 cm³/mol. The van der Waals surface area contributed by atoms with Crippen molar-refractivity contribution in [1.82, 2.24) is 0 Å². The van der Waals surface area contributed by atoms with Crippen LogP contribution in [0.5, 0.6) is 0 Å². The molecule has 5 unspecified atom stereocenters. The number of ether oxygens (including phenoxy) is 1.